The molecule has 0 bridgehead atoms. The first-order valence-electron chi connectivity index (χ1n) is 6.37. The number of benzene rings is 1. The van der Waals surface area contributed by atoms with Gasteiger partial charge in [0.25, 0.3) is 0 Å². The number of rotatable bonds is 3. The fourth-order valence-corrected chi connectivity index (χ4v) is 2.82. The van der Waals surface area contributed by atoms with Gasteiger partial charge in [-0.2, -0.15) is 0 Å². The van der Waals surface area contributed by atoms with Crippen LogP contribution in [0.15, 0.2) is 22.7 Å². The lowest BCUT2D eigenvalue weighted by Gasteiger charge is -2.32. The van der Waals surface area contributed by atoms with E-state index in [1.54, 1.807) is 0 Å². The quantitative estimate of drug-likeness (QED) is 0.916. The van der Waals surface area contributed by atoms with Crippen LogP contribution in [0.5, 0.6) is 0 Å². The fraction of sp³-hybridized carbons (Fsp3) is 0.571. The first-order chi connectivity index (χ1) is 8.18. The average Bonchev–Trinajstić information content (AvgIpc) is 2.33. The van der Waals surface area contributed by atoms with Crippen LogP contribution in [0.1, 0.15) is 24.8 Å². The van der Waals surface area contributed by atoms with Crippen molar-refractivity contribution in [3.8, 4) is 0 Å². The molecule has 0 aromatic heterocycles. The summed E-state index contributed by atoms with van der Waals surface area (Å²) in [5, 5.41) is 3.57. The van der Waals surface area contributed by atoms with Gasteiger partial charge in [-0.1, -0.05) is 18.6 Å². The third-order valence-electron chi connectivity index (χ3n) is 3.64. The molecule has 3 heteroatoms. The predicted octanol–water partition coefficient (Wildman–Crippen LogP) is 3.65. The number of nitrogens with one attached hydrogen (secondary N) is 1. The molecule has 0 aliphatic carbocycles. The second kappa shape index (κ2) is 5.87. The van der Waals surface area contributed by atoms with Crippen LogP contribution in [-0.2, 0) is 0 Å². The maximum Gasteiger partial charge on any atom is 0.0487 e. The van der Waals surface area contributed by atoms with Crippen LogP contribution >= 0.6 is 15.9 Å². The molecule has 0 radical (unpaired) electrons. The Kier molecular flexibility index (Phi) is 4.46. The van der Waals surface area contributed by atoms with E-state index in [1.807, 2.05) is 0 Å². The molecule has 1 aliphatic heterocycles. The van der Waals surface area contributed by atoms with Gasteiger partial charge in [-0.3, -0.25) is 0 Å². The molecule has 0 saturated carbocycles. The Hall–Kier alpha value is -0.540. The summed E-state index contributed by atoms with van der Waals surface area (Å²) < 4.78 is 1.19. The maximum absolute atomic E-state index is 3.64. The van der Waals surface area contributed by atoms with Crippen molar-refractivity contribution < 1.29 is 0 Å². The summed E-state index contributed by atoms with van der Waals surface area (Å²) in [6.45, 7) is 4.40. The van der Waals surface area contributed by atoms with E-state index < -0.39 is 0 Å². The first kappa shape index (κ1) is 12.9. The maximum atomic E-state index is 3.64. The highest BCUT2D eigenvalue weighted by Crippen LogP contribution is 2.26. The summed E-state index contributed by atoms with van der Waals surface area (Å²) in [7, 11) is 2.23. The van der Waals surface area contributed by atoms with Gasteiger partial charge in [0.15, 0.2) is 0 Å². The molecule has 94 valence electrons. The van der Waals surface area contributed by atoms with Crippen molar-refractivity contribution in [2.24, 2.45) is 0 Å². The Morgan fingerprint density at radius 3 is 3.00 bits per heavy atom. The van der Waals surface area contributed by atoms with Crippen LogP contribution in [0.4, 0.5) is 5.69 Å². The van der Waals surface area contributed by atoms with Crippen molar-refractivity contribution in [1.82, 2.24) is 4.90 Å². The predicted molar refractivity (Wildman–Crippen MR) is 77.6 cm³/mol. The molecule has 1 atom stereocenters. The number of hydrogen-bond acceptors (Lipinski definition) is 2. The minimum atomic E-state index is 0.677. The molecule has 1 unspecified atom stereocenters. The first-order valence-corrected chi connectivity index (χ1v) is 7.17. The van der Waals surface area contributed by atoms with Gasteiger partial charge in [0, 0.05) is 22.7 Å². The van der Waals surface area contributed by atoms with Gasteiger partial charge in [-0.15, -0.1) is 0 Å². The number of halogens is 1. The topological polar surface area (TPSA) is 15.3 Å². The van der Waals surface area contributed by atoms with E-state index in [0.29, 0.717) is 6.04 Å². The number of piperidine rings is 1. The number of anilines is 1. The molecule has 0 amide bonds. The molecule has 1 aromatic rings. The van der Waals surface area contributed by atoms with Gasteiger partial charge in [0.1, 0.15) is 0 Å². The standard InChI is InChI=1S/C14H21BrN2/c1-11-6-5-8-13(14(11)15)16-10-12-7-3-4-9-17(12)2/h5-6,8,12,16H,3-4,7,9-10H2,1-2H3. The van der Waals surface area contributed by atoms with Crippen LogP contribution in [-0.4, -0.2) is 31.1 Å². The van der Waals surface area contributed by atoms with Crippen molar-refractivity contribution in [3.63, 3.8) is 0 Å². The summed E-state index contributed by atoms with van der Waals surface area (Å²) >= 11 is 3.64. The summed E-state index contributed by atoms with van der Waals surface area (Å²) in [5.41, 5.74) is 2.50. The van der Waals surface area contributed by atoms with Crippen molar-refractivity contribution in [3.05, 3.63) is 28.2 Å². The molecule has 1 saturated heterocycles. The normalized spacial score (nSPS) is 21.5. The molecule has 0 spiro atoms. The lowest BCUT2D eigenvalue weighted by atomic mass is 10.0. The third-order valence-corrected chi connectivity index (χ3v) is 4.69. The molecular formula is C14H21BrN2. The molecule has 1 aromatic carbocycles. The Labute approximate surface area is 113 Å². The number of nitrogens with zero attached hydrogens (tertiary/aromatic N) is 1. The zero-order chi connectivity index (χ0) is 12.3. The molecular weight excluding hydrogens is 276 g/mol. The van der Waals surface area contributed by atoms with Gasteiger partial charge in [-0.25, -0.2) is 0 Å². The van der Waals surface area contributed by atoms with E-state index in [1.165, 1.54) is 41.5 Å². The molecule has 17 heavy (non-hydrogen) atoms. The second-order valence-corrected chi connectivity index (χ2v) is 5.74. The van der Waals surface area contributed by atoms with E-state index in [-0.39, 0.29) is 0 Å². The van der Waals surface area contributed by atoms with Crippen molar-refractivity contribution in [2.75, 3.05) is 25.5 Å². The number of aryl methyl sites for hydroxylation is 1. The zero-order valence-corrected chi connectivity index (χ0v) is 12.3. The molecule has 1 fully saturated rings. The largest absolute Gasteiger partial charge is 0.383 e. The van der Waals surface area contributed by atoms with E-state index in [4.69, 9.17) is 0 Å². The van der Waals surface area contributed by atoms with Crippen LogP contribution in [0.25, 0.3) is 0 Å². The Bertz CT molecular complexity index is 378. The van der Waals surface area contributed by atoms with Gasteiger partial charge >= 0.3 is 0 Å². The lowest BCUT2D eigenvalue weighted by molar-refractivity contribution is 0.194. The number of hydrogen-bond donors (Lipinski definition) is 1. The summed E-state index contributed by atoms with van der Waals surface area (Å²) in [5.74, 6) is 0. The summed E-state index contributed by atoms with van der Waals surface area (Å²) in [6, 6.07) is 7.05. The molecule has 2 nitrogen and oxygen atoms in total. The molecule has 1 aliphatic rings. The van der Waals surface area contributed by atoms with Gasteiger partial charge < -0.3 is 10.2 Å². The summed E-state index contributed by atoms with van der Waals surface area (Å²) in [6.07, 6.45) is 4.03. The van der Waals surface area contributed by atoms with Crippen molar-refractivity contribution in [2.45, 2.75) is 32.2 Å². The number of likely N-dealkylation sites (tertiary alicyclic amines) is 1. The van der Waals surface area contributed by atoms with E-state index in [9.17, 15) is 0 Å². The van der Waals surface area contributed by atoms with Gasteiger partial charge in [-0.05, 0) is 60.9 Å². The van der Waals surface area contributed by atoms with Crippen LogP contribution < -0.4 is 5.32 Å². The van der Waals surface area contributed by atoms with Crippen LogP contribution in [0.3, 0.4) is 0 Å². The lowest BCUT2D eigenvalue weighted by Crippen LogP contribution is -2.40. The van der Waals surface area contributed by atoms with E-state index in [2.05, 4.69) is 58.3 Å². The monoisotopic (exact) mass is 296 g/mol. The minimum absolute atomic E-state index is 0.677. The Morgan fingerprint density at radius 1 is 1.41 bits per heavy atom. The van der Waals surface area contributed by atoms with Crippen LogP contribution in [0.2, 0.25) is 0 Å². The smallest absolute Gasteiger partial charge is 0.0487 e. The van der Waals surface area contributed by atoms with Gasteiger partial charge in [0.05, 0.1) is 0 Å². The SMILES string of the molecule is Cc1cccc(NCC2CCCCN2C)c1Br. The third kappa shape index (κ3) is 3.23. The van der Waals surface area contributed by atoms with Crippen molar-refractivity contribution >= 4 is 21.6 Å². The number of likely N-dealkylation sites (N-methyl/N-ethyl adjacent to an activating group) is 1. The molecule has 1 heterocycles. The highest BCUT2D eigenvalue weighted by Gasteiger charge is 2.18. The van der Waals surface area contributed by atoms with Crippen molar-refractivity contribution in [1.29, 1.82) is 0 Å². The minimum Gasteiger partial charge on any atom is -0.383 e. The highest BCUT2D eigenvalue weighted by molar-refractivity contribution is 9.10. The molecule has 1 N–H and O–H groups in total. The Balaban J connectivity index is 1.95. The highest BCUT2D eigenvalue weighted by atomic mass is 79.9. The average molecular weight is 297 g/mol. The Morgan fingerprint density at radius 2 is 2.24 bits per heavy atom. The van der Waals surface area contributed by atoms with Gasteiger partial charge in [0.2, 0.25) is 0 Å². The molecule has 2 rings (SSSR count). The van der Waals surface area contributed by atoms with E-state index in [0.717, 1.165) is 6.54 Å². The van der Waals surface area contributed by atoms with E-state index >= 15 is 0 Å². The second-order valence-electron chi connectivity index (χ2n) is 4.95. The van der Waals surface area contributed by atoms with Crippen LogP contribution in [0, 0.1) is 6.92 Å². The summed E-state index contributed by atoms with van der Waals surface area (Å²) in [4.78, 5) is 2.47. The zero-order valence-electron chi connectivity index (χ0n) is 10.7. The fourth-order valence-electron chi connectivity index (χ4n) is 2.41.